The fourth-order valence-electron chi connectivity index (χ4n) is 3.07. The third-order valence-electron chi connectivity index (χ3n) is 4.55. The van der Waals surface area contributed by atoms with Gasteiger partial charge in [0.15, 0.2) is 15.8 Å². The number of aromatic nitrogens is 2. The van der Waals surface area contributed by atoms with Crippen LogP contribution in [0.3, 0.4) is 0 Å². The van der Waals surface area contributed by atoms with Crippen molar-refractivity contribution in [3.8, 4) is 11.5 Å². The third kappa shape index (κ3) is 4.22. The molecule has 1 aromatic heterocycles. The number of ether oxygens (including phenoxy) is 2. The van der Waals surface area contributed by atoms with Crippen LogP contribution in [0.15, 0.2) is 28.6 Å². The van der Waals surface area contributed by atoms with Gasteiger partial charge in [-0.2, -0.15) is 0 Å². The van der Waals surface area contributed by atoms with Crippen LogP contribution in [0.4, 0.5) is 0 Å². The van der Waals surface area contributed by atoms with Crippen LogP contribution in [-0.4, -0.2) is 76.5 Å². The van der Waals surface area contributed by atoms with Crippen LogP contribution >= 0.6 is 23.1 Å². The zero-order valence-corrected chi connectivity index (χ0v) is 17.0. The first kappa shape index (κ1) is 19.0. The first-order chi connectivity index (χ1) is 13.6. The Morgan fingerprint density at radius 3 is 2.57 bits per heavy atom. The summed E-state index contributed by atoms with van der Waals surface area (Å²) in [4.78, 5) is 28.7. The van der Waals surface area contributed by atoms with Gasteiger partial charge < -0.3 is 19.3 Å². The topological polar surface area (TPSA) is 84.9 Å². The van der Waals surface area contributed by atoms with Crippen molar-refractivity contribution >= 4 is 34.9 Å². The Labute approximate surface area is 170 Å². The van der Waals surface area contributed by atoms with E-state index in [-0.39, 0.29) is 18.4 Å². The highest BCUT2D eigenvalue weighted by Gasteiger charge is 2.33. The van der Waals surface area contributed by atoms with Gasteiger partial charge in [-0.15, -0.1) is 10.2 Å². The molecule has 28 heavy (non-hydrogen) atoms. The number of piperazine rings is 1. The van der Waals surface area contributed by atoms with Crippen molar-refractivity contribution in [2.24, 2.45) is 0 Å². The van der Waals surface area contributed by atoms with E-state index < -0.39 is 6.10 Å². The SMILES string of the molecule is Cc1nnc(SCC(=O)N2CCN(C(=O)[C@H]3COc4ccccc4O3)CC2)s1. The standard InChI is InChI=1S/C18H20N4O4S2/c1-12-19-20-18(28-12)27-11-16(23)21-6-8-22(9-7-21)17(24)15-10-25-13-4-2-3-5-14(13)26-15/h2-5,15H,6-11H2,1H3/t15-/m1/s1. The molecule has 2 aliphatic rings. The molecule has 1 atom stereocenters. The van der Waals surface area contributed by atoms with Gasteiger partial charge in [0.1, 0.15) is 11.6 Å². The lowest BCUT2D eigenvalue weighted by Gasteiger charge is -2.37. The molecule has 1 aromatic carbocycles. The number of amides is 2. The normalized spacial score (nSPS) is 18.8. The predicted octanol–water partition coefficient (Wildman–Crippen LogP) is 1.45. The fourth-order valence-corrected chi connectivity index (χ4v) is 4.79. The Balaban J connectivity index is 1.26. The van der Waals surface area contributed by atoms with E-state index in [1.807, 2.05) is 25.1 Å². The summed E-state index contributed by atoms with van der Waals surface area (Å²) in [6.07, 6.45) is -0.645. The van der Waals surface area contributed by atoms with Crippen molar-refractivity contribution in [1.82, 2.24) is 20.0 Å². The summed E-state index contributed by atoms with van der Waals surface area (Å²) < 4.78 is 12.2. The van der Waals surface area contributed by atoms with Crippen molar-refractivity contribution in [2.75, 3.05) is 38.5 Å². The second-order valence-corrected chi connectivity index (χ2v) is 8.85. The van der Waals surface area contributed by atoms with E-state index >= 15 is 0 Å². The minimum atomic E-state index is -0.645. The van der Waals surface area contributed by atoms with Gasteiger partial charge >= 0.3 is 0 Å². The lowest BCUT2D eigenvalue weighted by Crippen LogP contribution is -2.55. The summed E-state index contributed by atoms with van der Waals surface area (Å²) in [6.45, 7) is 4.12. The molecular formula is C18H20N4O4S2. The Morgan fingerprint density at radius 1 is 1.14 bits per heavy atom. The molecule has 10 heteroatoms. The van der Waals surface area contributed by atoms with Crippen molar-refractivity contribution in [1.29, 1.82) is 0 Å². The average molecular weight is 421 g/mol. The fraction of sp³-hybridized carbons (Fsp3) is 0.444. The molecule has 2 aromatic rings. The number of para-hydroxylation sites is 2. The highest BCUT2D eigenvalue weighted by molar-refractivity contribution is 8.01. The van der Waals surface area contributed by atoms with Crippen molar-refractivity contribution in [3.63, 3.8) is 0 Å². The highest BCUT2D eigenvalue weighted by Crippen LogP contribution is 2.31. The molecule has 0 saturated carbocycles. The van der Waals surface area contributed by atoms with Gasteiger partial charge in [-0.1, -0.05) is 35.2 Å². The van der Waals surface area contributed by atoms with Crippen molar-refractivity contribution in [3.05, 3.63) is 29.3 Å². The number of thioether (sulfide) groups is 1. The maximum Gasteiger partial charge on any atom is 0.267 e. The van der Waals surface area contributed by atoms with E-state index in [9.17, 15) is 9.59 Å². The molecule has 148 valence electrons. The molecule has 3 heterocycles. The van der Waals surface area contributed by atoms with Crippen LogP contribution in [0, 0.1) is 6.92 Å². The summed E-state index contributed by atoms with van der Waals surface area (Å²) in [6, 6.07) is 7.33. The number of carbonyl (C=O) groups excluding carboxylic acids is 2. The molecule has 2 aliphatic heterocycles. The first-order valence-corrected chi connectivity index (χ1v) is 10.8. The number of hydrogen-bond acceptors (Lipinski definition) is 8. The van der Waals surface area contributed by atoms with Crippen LogP contribution in [0.1, 0.15) is 5.01 Å². The number of aryl methyl sites for hydroxylation is 1. The predicted molar refractivity (Wildman–Crippen MR) is 105 cm³/mol. The second kappa shape index (κ2) is 8.36. The number of carbonyl (C=O) groups is 2. The summed E-state index contributed by atoms with van der Waals surface area (Å²) >= 11 is 2.89. The number of benzene rings is 1. The van der Waals surface area contributed by atoms with Gasteiger partial charge in [-0.3, -0.25) is 9.59 Å². The number of rotatable bonds is 4. The molecule has 0 radical (unpaired) electrons. The molecule has 8 nitrogen and oxygen atoms in total. The number of fused-ring (bicyclic) bond motifs is 1. The molecule has 0 unspecified atom stereocenters. The van der Waals surface area contributed by atoms with E-state index in [1.54, 1.807) is 15.9 Å². The lowest BCUT2D eigenvalue weighted by molar-refractivity contribution is -0.145. The Kier molecular flexibility index (Phi) is 5.67. The summed E-state index contributed by atoms with van der Waals surface area (Å²) in [7, 11) is 0. The monoisotopic (exact) mass is 420 g/mol. The van der Waals surface area contributed by atoms with Gasteiger partial charge in [0.25, 0.3) is 5.91 Å². The van der Waals surface area contributed by atoms with Crippen LogP contribution in [0.25, 0.3) is 0 Å². The van der Waals surface area contributed by atoms with E-state index in [0.717, 1.165) is 9.35 Å². The quantitative estimate of drug-likeness (QED) is 0.692. The maximum atomic E-state index is 12.8. The van der Waals surface area contributed by atoms with Crippen LogP contribution in [0.2, 0.25) is 0 Å². The van der Waals surface area contributed by atoms with E-state index in [1.165, 1.54) is 23.1 Å². The van der Waals surface area contributed by atoms with Gasteiger partial charge in [0, 0.05) is 26.2 Å². The molecule has 0 N–H and O–H groups in total. The third-order valence-corrected chi connectivity index (χ3v) is 6.51. The minimum absolute atomic E-state index is 0.0520. The van der Waals surface area contributed by atoms with E-state index in [4.69, 9.17) is 9.47 Å². The highest BCUT2D eigenvalue weighted by atomic mass is 32.2. The smallest absolute Gasteiger partial charge is 0.267 e. The van der Waals surface area contributed by atoms with Gasteiger partial charge in [-0.25, -0.2) is 0 Å². The van der Waals surface area contributed by atoms with Gasteiger partial charge in [-0.05, 0) is 19.1 Å². The molecule has 0 bridgehead atoms. The van der Waals surface area contributed by atoms with Gasteiger partial charge in [0.2, 0.25) is 12.0 Å². The Bertz CT molecular complexity index is 867. The second-order valence-electron chi connectivity index (χ2n) is 6.45. The maximum absolute atomic E-state index is 12.8. The van der Waals surface area contributed by atoms with Gasteiger partial charge in [0.05, 0.1) is 5.75 Å². The zero-order chi connectivity index (χ0) is 19.5. The Morgan fingerprint density at radius 2 is 1.86 bits per heavy atom. The van der Waals surface area contributed by atoms with Crippen LogP contribution in [0.5, 0.6) is 11.5 Å². The molecule has 2 amide bonds. The van der Waals surface area contributed by atoms with Crippen molar-refractivity contribution < 1.29 is 19.1 Å². The minimum Gasteiger partial charge on any atom is -0.485 e. The molecule has 0 spiro atoms. The van der Waals surface area contributed by atoms with E-state index in [2.05, 4.69) is 10.2 Å². The molecule has 4 rings (SSSR count). The molecule has 1 fully saturated rings. The van der Waals surface area contributed by atoms with Crippen molar-refractivity contribution in [2.45, 2.75) is 17.4 Å². The van der Waals surface area contributed by atoms with Crippen LogP contribution in [-0.2, 0) is 9.59 Å². The number of hydrogen-bond donors (Lipinski definition) is 0. The van der Waals surface area contributed by atoms with E-state index in [0.29, 0.717) is 43.4 Å². The molecule has 1 saturated heterocycles. The summed E-state index contributed by atoms with van der Waals surface area (Å²) in [5.74, 6) is 1.53. The van der Waals surface area contributed by atoms with Crippen LogP contribution < -0.4 is 9.47 Å². The average Bonchev–Trinajstić information content (AvgIpc) is 3.16. The largest absolute Gasteiger partial charge is 0.485 e. The molecular weight excluding hydrogens is 400 g/mol. The first-order valence-electron chi connectivity index (χ1n) is 8.98. The summed E-state index contributed by atoms with van der Waals surface area (Å²) in [5.41, 5.74) is 0. The number of nitrogens with zero attached hydrogens (tertiary/aromatic N) is 4. The lowest BCUT2D eigenvalue weighted by atomic mass is 10.2. The molecule has 0 aliphatic carbocycles. The Hall–Kier alpha value is -2.33. The zero-order valence-electron chi connectivity index (χ0n) is 15.4. The summed E-state index contributed by atoms with van der Waals surface area (Å²) in [5, 5.41) is 8.86.